The maximum Gasteiger partial charge on any atom is 0.315 e. The number of benzene rings is 1. The van der Waals surface area contributed by atoms with E-state index in [4.69, 9.17) is 9.47 Å². The Bertz CT molecular complexity index is 613. The summed E-state index contributed by atoms with van der Waals surface area (Å²) in [6, 6.07) is 7.40. The van der Waals surface area contributed by atoms with Crippen molar-refractivity contribution in [1.29, 1.82) is 0 Å². The van der Waals surface area contributed by atoms with Gasteiger partial charge in [-0.1, -0.05) is 6.07 Å². The zero-order valence-corrected chi connectivity index (χ0v) is 11.4. The van der Waals surface area contributed by atoms with Crippen LogP contribution in [-0.2, 0) is 13.0 Å². The average molecular weight is 288 g/mol. The molecule has 1 aromatic heterocycles. The summed E-state index contributed by atoms with van der Waals surface area (Å²) in [5, 5.41) is 12.1. The molecule has 0 saturated carbocycles. The van der Waals surface area contributed by atoms with Crippen LogP contribution < -0.4 is 20.1 Å². The lowest BCUT2D eigenvalue weighted by atomic mass is 10.1. The molecule has 7 heteroatoms. The fourth-order valence-electron chi connectivity index (χ4n) is 2.04. The Morgan fingerprint density at radius 3 is 3.00 bits per heavy atom. The quantitative estimate of drug-likeness (QED) is 0.771. The van der Waals surface area contributed by atoms with Gasteiger partial charge in [-0.3, -0.25) is 5.10 Å². The maximum atomic E-state index is 11.6. The molecule has 3 rings (SSSR count). The zero-order valence-electron chi connectivity index (χ0n) is 11.4. The highest BCUT2D eigenvalue weighted by Crippen LogP contribution is 2.32. The number of carbonyl (C=O) groups excluding carboxylic acids is 1. The minimum absolute atomic E-state index is 0.203. The number of rotatable bonds is 5. The van der Waals surface area contributed by atoms with Gasteiger partial charge in [0.25, 0.3) is 0 Å². The molecule has 0 unspecified atom stereocenters. The third kappa shape index (κ3) is 3.44. The smallest absolute Gasteiger partial charge is 0.315 e. The van der Waals surface area contributed by atoms with Gasteiger partial charge < -0.3 is 20.1 Å². The minimum Gasteiger partial charge on any atom is -0.454 e. The molecule has 0 spiro atoms. The fourth-order valence-corrected chi connectivity index (χ4v) is 2.04. The van der Waals surface area contributed by atoms with Crippen molar-refractivity contribution < 1.29 is 14.3 Å². The number of carbonyl (C=O) groups is 1. The Balaban J connectivity index is 1.40. The number of fused-ring (bicyclic) bond motifs is 1. The van der Waals surface area contributed by atoms with E-state index < -0.39 is 0 Å². The standard InChI is InChI=1S/C14H16N4O3/c19-14(16-8-11-4-6-17-18-11)15-5-3-10-1-2-12-13(7-10)21-9-20-12/h1-2,4,6-7H,3,5,8-9H2,(H,17,18)(H2,15,16,19). The lowest BCUT2D eigenvalue weighted by Gasteiger charge is -2.07. The van der Waals surface area contributed by atoms with Crippen LogP contribution in [0.4, 0.5) is 4.79 Å². The van der Waals surface area contributed by atoms with Crippen molar-refractivity contribution in [2.45, 2.75) is 13.0 Å². The number of nitrogens with zero attached hydrogens (tertiary/aromatic N) is 1. The van der Waals surface area contributed by atoms with Gasteiger partial charge in [0.2, 0.25) is 6.79 Å². The van der Waals surface area contributed by atoms with E-state index in [1.165, 1.54) is 0 Å². The van der Waals surface area contributed by atoms with E-state index in [0.717, 1.165) is 29.2 Å². The van der Waals surface area contributed by atoms with Gasteiger partial charge in [-0.15, -0.1) is 0 Å². The van der Waals surface area contributed by atoms with Gasteiger partial charge in [-0.05, 0) is 30.2 Å². The van der Waals surface area contributed by atoms with Crippen molar-refractivity contribution in [2.75, 3.05) is 13.3 Å². The first kappa shape index (κ1) is 13.3. The summed E-state index contributed by atoms with van der Waals surface area (Å²) >= 11 is 0. The van der Waals surface area contributed by atoms with Gasteiger partial charge in [0.05, 0.1) is 12.2 Å². The number of aromatic nitrogens is 2. The summed E-state index contributed by atoms with van der Waals surface area (Å²) < 4.78 is 10.6. The third-order valence-corrected chi connectivity index (χ3v) is 3.13. The molecule has 3 N–H and O–H groups in total. The second-order valence-corrected chi connectivity index (χ2v) is 4.63. The highest BCUT2D eigenvalue weighted by atomic mass is 16.7. The van der Waals surface area contributed by atoms with Crippen molar-refractivity contribution in [1.82, 2.24) is 20.8 Å². The second kappa shape index (κ2) is 6.17. The summed E-state index contributed by atoms with van der Waals surface area (Å²) in [7, 11) is 0. The summed E-state index contributed by atoms with van der Waals surface area (Å²) in [5.74, 6) is 1.53. The first-order chi connectivity index (χ1) is 10.3. The first-order valence-corrected chi connectivity index (χ1v) is 6.70. The Morgan fingerprint density at radius 2 is 2.14 bits per heavy atom. The molecular weight excluding hydrogens is 272 g/mol. The number of amides is 2. The van der Waals surface area contributed by atoms with Crippen LogP contribution in [0.2, 0.25) is 0 Å². The molecule has 0 saturated heterocycles. The molecule has 2 heterocycles. The van der Waals surface area contributed by atoms with E-state index >= 15 is 0 Å². The van der Waals surface area contributed by atoms with Crippen LogP contribution >= 0.6 is 0 Å². The van der Waals surface area contributed by atoms with Crippen molar-refractivity contribution in [3.63, 3.8) is 0 Å². The number of hydrogen-bond acceptors (Lipinski definition) is 4. The molecule has 0 bridgehead atoms. The van der Waals surface area contributed by atoms with Crippen LogP contribution in [0.25, 0.3) is 0 Å². The van der Waals surface area contributed by atoms with Crippen LogP contribution in [0.1, 0.15) is 11.3 Å². The molecule has 0 radical (unpaired) electrons. The summed E-state index contributed by atoms with van der Waals surface area (Å²) in [5.41, 5.74) is 1.95. The van der Waals surface area contributed by atoms with Crippen molar-refractivity contribution in [2.24, 2.45) is 0 Å². The molecule has 0 atom stereocenters. The minimum atomic E-state index is -0.203. The topological polar surface area (TPSA) is 88.3 Å². The maximum absolute atomic E-state index is 11.6. The van der Waals surface area contributed by atoms with Crippen LogP contribution in [0, 0.1) is 0 Å². The molecule has 2 amide bonds. The van der Waals surface area contributed by atoms with Gasteiger partial charge in [0, 0.05) is 12.7 Å². The highest BCUT2D eigenvalue weighted by Gasteiger charge is 2.12. The molecule has 1 aliphatic rings. The van der Waals surface area contributed by atoms with E-state index in [1.807, 2.05) is 24.3 Å². The molecule has 2 aromatic rings. The second-order valence-electron chi connectivity index (χ2n) is 4.63. The summed E-state index contributed by atoms with van der Waals surface area (Å²) in [4.78, 5) is 11.6. The van der Waals surface area contributed by atoms with Crippen LogP contribution in [-0.4, -0.2) is 29.6 Å². The predicted molar refractivity (Wildman–Crippen MR) is 75.1 cm³/mol. The lowest BCUT2D eigenvalue weighted by Crippen LogP contribution is -2.36. The SMILES string of the molecule is O=C(NCCc1ccc2c(c1)OCO2)NCc1ccn[nH]1. The van der Waals surface area contributed by atoms with E-state index in [0.29, 0.717) is 13.1 Å². The monoisotopic (exact) mass is 288 g/mol. The predicted octanol–water partition coefficient (Wildman–Crippen LogP) is 1.18. The lowest BCUT2D eigenvalue weighted by molar-refractivity contribution is 0.174. The Kier molecular flexibility index (Phi) is 3.90. The van der Waals surface area contributed by atoms with Gasteiger partial charge >= 0.3 is 6.03 Å². The van der Waals surface area contributed by atoms with Gasteiger partial charge in [-0.2, -0.15) is 5.10 Å². The van der Waals surface area contributed by atoms with E-state index in [9.17, 15) is 4.79 Å². The van der Waals surface area contributed by atoms with Crippen LogP contribution in [0.3, 0.4) is 0 Å². The van der Waals surface area contributed by atoms with Crippen molar-refractivity contribution >= 4 is 6.03 Å². The highest BCUT2D eigenvalue weighted by molar-refractivity contribution is 5.73. The van der Waals surface area contributed by atoms with E-state index in [-0.39, 0.29) is 12.8 Å². The number of nitrogens with one attached hydrogen (secondary N) is 3. The molecule has 1 aliphatic heterocycles. The third-order valence-electron chi connectivity index (χ3n) is 3.13. The first-order valence-electron chi connectivity index (χ1n) is 6.70. The number of H-pyrrole nitrogens is 1. The molecule has 21 heavy (non-hydrogen) atoms. The molecule has 110 valence electrons. The van der Waals surface area contributed by atoms with Gasteiger partial charge in [0.15, 0.2) is 11.5 Å². The molecule has 0 fully saturated rings. The molecule has 1 aromatic carbocycles. The summed E-state index contributed by atoms with van der Waals surface area (Å²) in [6.45, 7) is 1.25. The van der Waals surface area contributed by atoms with Crippen LogP contribution in [0.5, 0.6) is 11.5 Å². The number of ether oxygens (including phenoxy) is 2. The largest absolute Gasteiger partial charge is 0.454 e. The molecule has 0 aliphatic carbocycles. The summed E-state index contributed by atoms with van der Waals surface area (Å²) in [6.07, 6.45) is 2.38. The normalized spacial score (nSPS) is 12.2. The van der Waals surface area contributed by atoms with Crippen LogP contribution in [0.15, 0.2) is 30.5 Å². The number of aromatic amines is 1. The Morgan fingerprint density at radius 1 is 1.24 bits per heavy atom. The van der Waals surface area contributed by atoms with Crippen molar-refractivity contribution in [3.8, 4) is 11.5 Å². The number of urea groups is 1. The Hall–Kier alpha value is -2.70. The van der Waals surface area contributed by atoms with Gasteiger partial charge in [-0.25, -0.2) is 4.79 Å². The van der Waals surface area contributed by atoms with Gasteiger partial charge in [0.1, 0.15) is 0 Å². The fraction of sp³-hybridized carbons (Fsp3) is 0.286. The molecular formula is C14H16N4O3. The molecule has 7 nitrogen and oxygen atoms in total. The Labute approximate surface area is 121 Å². The number of hydrogen-bond donors (Lipinski definition) is 3. The average Bonchev–Trinajstić information content (AvgIpc) is 3.16. The van der Waals surface area contributed by atoms with E-state index in [1.54, 1.807) is 6.20 Å². The van der Waals surface area contributed by atoms with E-state index in [2.05, 4.69) is 20.8 Å². The zero-order chi connectivity index (χ0) is 14.5. The van der Waals surface area contributed by atoms with Crippen molar-refractivity contribution in [3.05, 3.63) is 41.7 Å².